The van der Waals surface area contributed by atoms with Crippen LogP contribution in [0.4, 0.5) is 0 Å². The van der Waals surface area contributed by atoms with Crippen LogP contribution in [0, 0.1) is 12.8 Å². The van der Waals surface area contributed by atoms with Crippen molar-refractivity contribution in [2.45, 2.75) is 52.7 Å². The highest BCUT2D eigenvalue weighted by Crippen LogP contribution is 2.29. The van der Waals surface area contributed by atoms with E-state index in [0.717, 1.165) is 6.54 Å². The molecular formula is C20H27N3O2. The van der Waals surface area contributed by atoms with Crippen molar-refractivity contribution in [2.75, 3.05) is 6.54 Å². The van der Waals surface area contributed by atoms with E-state index < -0.39 is 0 Å². The molecule has 0 saturated heterocycles. The molecule has 1 saturated carbocycles. The van der Waals surface area contributed by atoms with E-state index in [2.05, 4.69) is 60.2 Å². The lowest BCUT2D eigenvalue weighted by molar-refractivity contribution is 0.0944. The second kappa shape index (κ2) is 7.83. The van der Waals surface area contributed by atoms with Crippen molar-refractivity contribution in [2.24, 2.45) is 5.92 Å². The van der Waals surface area contributed by atoms with Gasteiger partial charge < -0.3 is 9.73 Å². The van der Waals surface area contributed by atoms with Crippen molar-refractivity contribution in [3.8, 4) is 0 Å². The lowest BCUT2D eigenvalue weighted by Crippen LogP contribution is -2.28. The van der Waals surface area contributed by atoms with Gasteiger partial charge in [0.2, 0.25) is 5.89 Å². The lowest BCUT2D eigenvalue weighted by atomic mass is 10.1. The highest BCUT2D eigenvalue weighted by molar-refractivity contribution is 5.91. The van der Waals surface area contributed by atoms with E-state index in [1.54, 1.807) is 0 Å². The minimum absolute atomic E-state index is 0.166. The third-order valence-corrected chi connectivity index (χ3v) is 4.33. The number of oxazole rings is 1. The van der Waals surface area contributed by atoms with Crippen LogP contribution in [0.3, 0.4) is 0 Å². The molecule has 5 heteroatoms. The number of hydrogen-bond acceptors (Lipinski definition) is 4. The molecule has 134 valence electrons. The van der Waals surface area contributed by atoms with Crippen LogP contribution in [0.2, 0.25) is 0 Å². The molecule has 3 rings (SSSR count). The quantitative estimate of drug-likeness (QED) is 0.798. The number of hydrogen-bond donors (Lipinski definition) is 1. The monoisotopic (exact) mass is 341 g/mol. The van der Waals surface area contributed by atoms with Gasteiger partial charge in [-0.15, -0.1) is 0 Å². The first-order valence-corrected chi connectivity index (χ1v) is 9.03. The number of amides is 1. The first-order valence-electron chi connectivity index (χ1n) is 9.03. The number of carbonyl (C=O) groups excluding carboxylic acids is 1. The van der Waals surface area contributed by atoms with Crippen LogP contribution in [0.15, 0.2) is 34.9 Å². The average molecular weight is 341 g/mol. The zero-order valence-corrected chi connectivity index (χ0v) is 15.3. The summed E-state index contributed by atoms with van der Waals surface area (Å²) in [5.74, 6) is 0.851. The number of nitrogens with zero attached hydrogens (tertiary/aromatic N) is 2. The lowest BCUT2D eigenvalue weighted by Gasteiger charge is -2.20. The maximum atomic E-state index is 12.1. The minimum atomic E-state index is -0.166. The SMILES string of the molecule is Cc1cccc(CN(Cc2nc(C(=O)NCC(C)C)co2)C2CC2)c1. The van der Waals surface area contributed by atoms with Gasteiger partial charge in [0.1, 0.15) is 6.26 Å². The van der Waals surface area contributed by atoms with Crippen LogP contribution in [-0.4, -0.2) is 28.4 Å². The van der Waals surface area contributed by atoms with Crippen LogP contribution in [-0.2, 0) is 13.1 Å². The van der Waals surface area contributed by atoms with Crippen molar-refractivity contribution < 1.29 is 9.21 Å². The van der Waals surface area contributed by atoms with Crippen molar-refractivity contribution in [3.63, 3.8) is 0 Å². The molecule has 1 aromatic carbocycles. The maximum Gasteiger partial charge on any atom is 0.273 e. The summed E-state index contributed by atoms with van der Waals surface area (Å²) >= 11 is 0. The summed E-state index contributed by atoms with van der Waals surface area (Å²) in [5, 5.41) is 2.87. The van der Waals surface area contributed by atoms with Crippen molar-refractivity contribution >= 4 is 5.91 Å². The van der Waals surface area contributed by atoms with Gasteiger partial charge in [0.15, 0.2) is 5.69 Å². The summed E-state index contributed by atoms with van der Waals surface area (Å²) in [5.41, 5.74) is 2.93. The number of rotatable bonds is 8. The summed E-state index contributed by atoms with van der Waals surface area (Å²) in [6.45, 7) is 8.39. The molecule has 1 amide bonds. The molecule has 0 aliphatic heterocycles. The fraction of sp³-hybridized carbons (Fsp3) is 0.500. The summed E-state index contributed by atoms with van der Waals surface area (Å²) in [4.78, 5) is 18.8. The summed E-state index contributed by atoms with van der Waals surface area (Å²) in [6, 6.07) is 9.17. The normalized spacial score (nSPS) is 14.3. The van der Waals surface area contributed by atoms with Gasteiger partial charge in [0.05, 0.1) is 6.54 Å². The van der Waals surface area contributed by atoms with E-state index in [1.165, 1.54) is 30.2 Å². The first-order chi connectivity index (χ1) is 12.0. The minimum Gasteiger partial charge on any atom is -0.447 e. The van der Waals surface area contributed by atoms with Crippen LogP contribution < -0.4 is 5.32 Å². The Bertz CT molecular complexity index is 719. The van der Waals surface area contributed by atoms with Gasteiger partial charge in [0.25, 0.3) is 5.91 Å². The molecule has 1 fully saturated rings. The van der Waals surface area contributed by atoms with Gasteiger partial charge in [-0.2, -0.15) is 0 Å². The number of carbonyl (C=O) groups is 1. The number of nitrogens with one attached hydrogen (secondary N) is 1. The molecular weight excluding hydrogens is 314 g/mol. The number of benzene rings is 1. The largest absolute Gasteiger partial charge is 0.447 e. The Kier molecular flexibility index (Phi) is 5.53. The predicted molar refractivity (Wildman–Crippen MR) is 97.1 cm³/mol. The third-order valence-electron chi connectivity index (χ3n) is 4.33. The Hall–Kier alpha value is -2.14. The molecule has 0 atom stereocenters. The number of aryl methyl sites for hydroxylation is 1. The first kappa shape index (κ1) is 17.7. The fourth-order valence-corrected chi connectivity index (χ4v) is 2.85. The summed E-state index contributed by atoms with van der Waals surface area (Å²) < 4.78 is 5.55. The van der Waals surface area contributed by atoms with Gasteiger partial charge in [-0.1, -0.05) is 43.7 Å². The zero-order chi connectivity index (χ0) is 17.8. The van der Waals surface area contributed by atoms with Crippen molar-refractivity contribution in [1.82, 2.24) is 15.2 Å². The van der Waals surface area contributed by atoms with Gasteiger partial charge >= 0.3 is 0 Å². The molecule has 0 bridgehead atoms. The fourth-order valence-electron chi connectivity index (χ4n) is 2.85. The molecule has 2 aromatic rings. The van der Waals surface area contributed by atoms with E-state index in [1.807, 2.05) is 0 Å². The highest BCUT2D eigenvalue weighted by atomic mass is 16.3. The van der Waals surface area contributed by atoms with Crippen LogP contribution in [0.5, 0.6) is 0 Å². The molecule has 25 heavy (non-hydrogen) atoms. The van der Waals surface area contributed by atoms with E-state index in [4.69, 9.17) is 4.42 Å². The molecule has 0 unspecified atom stereocenters. The Morgan fingerprint density at radius 1 is 1.36 bits per heavy atom. The molecule has 1 aliphatic rings. The van der Waals surface area contributed by atoms with E-state index in [9.17, 15) is 4.79 Å². The molecule has 1 aromatic heterocycles. The molecule has 1 heterocycles. The molecule has 0 radical (unpaired) electrons. The van der Waals surface area contributed by atoms with Gasteiger partial charge in [-0.3, -0.25) is 9.69 Å². The van der Waals surface area contributed by atoms with Crippen LogP contribution >= 0.6 is 0 Å². The van der Waals surface area contributed by atoms with E-state index in [-0.39, 0.29) is 5.91 Å². The predicted octanol–water partition coefficient (Wildman–Crippen LogP) is 3.53. The Labute approximate surface area is 149 Å². The van der Waals surface area contributed by atoms with Crippen molar-refractivity contribution in [3.05, 3.63) is 53.2 Å². The van der Waals surface area contributed by atoms with Crippen LogP contribution in [0.1, 0.15) is 54.2 Å². The second-order valence-corrected chi connectivity index (χ2v) is 7.36. The summed E-state index contributed by atoms with van der Waals surface area (Å²) in [7, 11) is 0. The Morgan fingerprint density at radius 3 is 2.84 bits per heavy atom. The van der Waals surface area contributed by atoms with Gasteiger partial charge in [-0.05, 0) is 31.2 Å². The molecule has 5 nitrogen and oxygen atoms in total. The maximum absolute atomic E-state index is 12.1. The number of aromatic nitrogens is 1. The zero-order valence-electron chi connectivity index (χ0n) is 15.3. The molecule has 1 aliphatic carbocycles. The molecule has 0 spiro atoms. The average Bonchev–Trinajstić information content (AvgIpc) is 3.31. The van der Waals surface area contributed by atoms with Crippen LogP contribution in [0.25, 0.3) is 0 Å². The van der Waals surface area contributed by atoms with E-state index in [0.29, 0.717) is 36.6 Å². The van der Waals surface area contributed by atoms with Gasteiger partial charge in [0, 0.05) is 19.1 Å². The topological polar surface area (TPSA) is 58.4 Å². The summed E-state index contributed by atoms with van der Waals surface area (Å²) in [6.07, 6.45) is 3.89. The van der Waals surface area contributed by atoms with Crippen molar-refractivity contribution in [1.29, 1.82) is 0 Å². The molecule has 1 N–H and O–H groups in total. The Balaban J connectivity index is 1.62. The highest BCUT2D eigenvalue weighted by Gasteiger charge is 2.30. The standard InChI is InChI=1S/C20H27N3O2/c1-14(2)10-21-20(24)18-13-25-19(22-18)12-23(17-7-8-17)11-16-6-4-5-15(3)9-16/h4-6,9,13-14,17H,7-8,10-12H2,1-3H3,(H,21,24). The Morgan fingerprint density at radius 2 is 2.16 bits per heavy atom. The van der Waals surface area contributed by atoms with E-state index >= 15 is 0 Å². The third kappa shape index (κ3) is 5.16. The second-order valence-electron chi connectivity index (χ2n) is 7.36. The van der Waals surface area contributed by atoms with Gasteiger partial charge in [-0.25, -0.2) is 4.98 Å². The smallest absolute Gasteiger partial charge is 0.273 e.